The van der Waals surface area contributed by atoms with E-state index in [1.54, 1.807) is 4.90 Å². The highest BCUT2D eigenvalue weighted by Gasteiger charge is 2.43. The van der Waals surface area contributed by atoms with Crippen LogP contribution in [0.1, 0.15) is 49.3 Å². The SMILES string of the molecule is CCCC1=Cc2ccccc2C12CCN(C(=O)COc1ccccc1C(F)(F)F)CC2. The van der Waals surface area contributed by atoms with Crippen LogP contribution in [-0.4, -0.2) is 30.5 Å². The third kappa shape index (κ3) is 4.08. The zero-order chi connectivity index (χ0) is 22.1. The Kier molecular flexibility index (Phi) is 5.82. The predicted octanol–water partition coefficient (Wildman–Crippen LogP) is 5.84. The first-order chi connectivity index (χ1) is 14.8. The van der Waals surface area contributed by atoms with Crippen LogP contribution in [0.3, 0.4) is 0 Å². The van der Waals surface area contributed by atoms with Crippen molar-refractivity contribution in [1.82, 2.24) is 4.90 Å². The van der Waals surface area contributed by atoms with Gasteiger partial charge in [-0.2, -0.15) is 13.2 Å². The number of fused-ring (bicyclic) bond motifs is 2. The van der Waals surface area contributed by atoms with Gasteiger partial charge in [-0.15, -0.1) is 0 Å². The molecule has 0 bridgehead atoms. The molecule has 0 unspecified atom stereocenters. The number of likely N-dealkylation sites (tertiary alicyclic amines) is 1. The monoisotopic (exact) mass is 429 g/mol. The quantitative estimate of drug-likeness (QED) is 0.597. The molecule has 2 aromatic carbocycles. The van der Waals surface area contributed by atoms with E-state index < -0.39 is 18.3 Å². The van der Waals surface area contributed by atoms with E-state index in [9.17, 15) is 18.0 Å². The van der Waals surface area contributed by atoms with Crippen molar-refractivity contribution in [3.8, 4) is 5.75 Å². The summed E-state index contributed by atoms with van der Waals surface area (Å²) in [4.78, 5) is 14.4. The first-order valence-corrected chi connectivity index (χ1v) is 10.7. The number of benzene rings is 2. The van der Waals surface area contributed by atoms with Crippen LogP contribution >= 0.6 is 0 Å². The summed E-state index contributed by atoms with van der Waals surface area (Å²) in [5.41, 5.74) is 3.13. The van der Waals surface area contributed by atoms with Crippen molar-refractivity contribution >= 4 is 12.0 Å². The Morgan fingerprint density at radius 1 is 1.06 bits per heavy atom. The molecule has 1 amide bonds. The summed E-state index contributed by atoms with van der Waals surface area (Å²) < 4.78 is 44.7. The lowest BCUT2D eigenvalue weighted by molar-refractivity contribution is -0.141. The minimum Gasteiger partial charge on any atom is -0.483 e. The molecule has 3 nitrogen and oxygen atoms in total. The minimum absolute atomic E-state index is 0.0346. The van der Waals surface area contributed by atoms with E-state index in [0.717, 1.165) is 31.7 Å². The number of ether oxygens (including phenoxy) is 1. The van der Waals surface area contributed by atoms with Gasteiger partial charge in [0.05, 0.1) is 5.56 Å². The number of para-hydroxylation sites is 1. The van der Waals surface area contributed by atoms with Crippen LogP contribution in [0.5, 0.6) is 5.75 Å². The number of halogens is 3. The minimum atomic E-state index is -4.52. The number of piperidine rings is 1. The largest absolute Gasteiger partial charge is 0.483 e. The maximum absolute atomic E-state index is 13.1. The van der Waals surface area contributed by atoms with Crippen LogP contribution in [-0.2, 0) is 16.4 Å². The van der Waals surface area contributed by atoms with E-state index >= 15 is 0 Å². The highest BCUT2D eigenvalue weighted by atomic mass is 19.4. The normalized spacial score (nSPS) is 17.4. The van der Waals surface area contributed by atoms with Gasteiger partial charge in [0, 0.05) is 18.5 Å². The molecule has 4 rings (SSSR count). The van der Waals surface area contributed by atoms with Gasteiger partial charge >= 0.3 is 6.18 Å². The third-order valence-corrected chi connectivity index (χ3v) is 6.45. The summed E-state index contributed by atoms with van der Waals surface area (Å²) in [6, 6.07) is 13.4. The highest BCUT2D eigenvalue weighted by Crippen LogP contribution is 2.50. The van der Waals surface area contributed by atoms with Crippen LogP contribution in [0.15, 0.2) is 54.1 Å². The zero-order valence-electron chi connectivity index (χ0n) is 17.5. The van der Waals surface area contributed by atoms with Gasteiger partial charge in [0.1, 0.15) is 5.75 Å². The van der Waals surface area contributed by atoms with Crippen LogP contribution in [0.2, 0.25) is 0 Å². The first-order valence-electron chi connectivity index (χ1n) is 10.7. The van der Waals surface area contributed by atoms with Gasteiger partial charge in [0.2, 0.25) is 0 Å². The van der Waals surface area contributed by atoms with Crippen molar-refractivity contribution in [1.29, 1.82) is 0 Å². The molecule has 6 heteroatoms. The molecule has 1 heterocycles. The van der Waals surface area contributed by atoms with Gasteiger partial charge in [-0.05, 0) is 42.5 Å². The van der Waals surface area contributed by atoms with Crippen molar-refractivity contribution in [3.05, 3.63) is 70.8 Å². The van der Waals surface area contributed by atoms with Gasteiger partial charge in [-0.1, -0.05) is 61.4 Å². The average molecular weight is 429 g/mol. The van der Waals surface area contributed by atoms with Gasteiger partial charge in [-0.3, -0.25) is 4.79 Å². The number of carbonyl (C=O) groups is 1. The number of carbonyl (C=O) groups excluding carboxylic acids is 1. The molecule has 0 saturated carbocycles. The lowest BCUT2D eigenvalue weighted by Crippen LogP contribution is -2.46. The smallest absolute Gasteiger partial charge is 0.419 e. The van der Waals surface area contributed by atoms with Crippen LogP contribution in [0, 0.1) is 0 Å². The molecule has 1 spiro atoms. The molecule has 0 radical (unpaired) electrons. The molecule has 1 saturated heterocycles. The average Bonchev–Trinajstić information content (AvgIpc) is 3.05. The van der Waals surface area contributed by atoms with Crippen molar-refractivity contribution in [2.45, 2.75) is 44.2 Å². The molecule has 2 aliphatic rings. The Bertz CT molecular complexity index is 988. The fourth-order valence-corrected chi connectivity index (χ4v) is 4.92. The van der Waals surface area contributed by atoms with E-state index in [4.69, 9.17) is 4.74 Å². The molecular weight excluding hydrogens is 403 g/mol. The number of hydrogen-bond acceptors (Lipinski definition) is 2. The second kappa shape index (κ2) is 8.40. The molecular formula is C25H26F3NO2. The lowest BCUT2D eigenvalue weighted by atomic mass is 9.69. The Morgan fingerprint density at radius 2 is 1.74 bits per heavy atom. The predicted molar refractivity (Wildman–Crippen MR) is 114 cm³/mol. The van der Waals surface area contributed by atoms with E-state index in [1.807, 2.05) is 6.07 Å². The molecule has 0 aromatic heterocycles. The van der Waals surface area contributed by atoms with Crippen LogP contribution < -0.4 is 4.74 Å². The second-order valence-electron chi connectivity index (χ2n) is 8.25. The van der Waals surface area contributed by atoms with E-state index in [-0.39, 0.29) is 17.1 Å². The summed E-state index contributed by atoms with van der Waals surface area (Å²) >= 11 is 0. The zero-order valence-corrected chi connectivity index (χ0v) is 17.5. The lowest BCUT2D eigenvalue weighted by Gasteiger charge is -2.42. The topological polar surface area (TPSA) is 29.5 Å². The summed E-state index contributed by atoms with van der Waals surface area (Å²) in [5.74, 6) is -0.589. The Hall–Kier alpha value is -2.76. The molecule has 2 aromatic rings. The molecule has 31 heavy (non-hydrogen) atoms. The Morgan fingerprint density at radius 3 is 2.45 bits per heavy atom. The number of allylic oxidation sites excluding steroid dienone is 1. The fraction of sp³-hybridized carbons (Fsp3) is 0.400. The van der Waals surface area contributed by atoms with Crippen molar-refractivity contribution in [2.75, 3.05) is 19.7 Å². The molecule has 0 atom stereocenters. The number of rotatable bonds is 5. The van der Waals surface area contributed by atoms with E-state index in [0.29, 0.717) is 13.1 Å². The van der Waals surface area contributed by atoms with Crippen LogP contribution in [0.25, 0.3) is 6.08 Å². The van der Waals surface area contributed by atoms with Crippen molar-refractivity contribution in [3.63, 3.8) is 0 Å². The van der Waals surface area contributed by atoms with Gasteiger partial charge < -0.3 is 9.64 Å². The Labute approximate surface area is 180 Å². The van der Waals surface area contributed by atoms with Crippen LogP contribution in [0.4, 0.5) is 13.2 Å². The standard InChI is InChI=1S/C25H26F3NO2/c1-2-7-19-16-18-8-3-4-9-20(18)24(19)12-14-29(15-13-24)23(30)17-31-22-11-6-5-10-21(22)25(26,27)28/h3-6,8-11,16H,2,7,12-15,17H2,1H3. The molecule has 1 aliphatic carbocycles. The molecule has 164 valence electrons. The summed E-state index contributed by atoms with van der Waals surface area (Å²) in [6.45, 7) is 2.91. The number of alkyl halides is 3. The Balaban J connectivity index is 1.43. The molecule has 1 fully saturated rings. The first kappa shape index (κ1) is 21.5. The fourth-order valence-electron chi connectivity index (χ4n) is 4.92. The van der Waals surface area contributed by atoms with E-state index in [1.165, 1.54) is 34.9 Å². The number of nitrogens with zero attached hydrogens (tertiary/aromatic N) is 1. The third-order valence-electron chi connectivity index (χ3n) is 6.45. The summed E-state index contributed by atoms with van der Waals surface area (Å²) in [5, 5.41) is 0. The van der Waals surface area contributed by atoms with Crippen molar-refractivity contribution < 1.29 is 22.7 Å². The molecule has 0 N–H and O–H groups in total. The van der Waals surface area contributed by atoms with Crippen molar-refractivity contribution in [2.24, 2.45) is 0 Å². The number of hydrogen-bond donors (Lipinski definition) is 0. The molecule has 1 aliphatic heterocycles. The van der Waals surface area contributed by atoms with E-state index in [2.05, 4.69) is 31.2 Å². The van der Waals surface area contributed by atoms with Gasteiger partial charge in [0.25, 0.3) is 5.91 Å². The van der Waals surface area contributed by atoms with Gasteiger partial charge in [0.15, 0.2) is 6.61 Å². The highest BCUT2D eigenvalue weighted by molar-refractivity contribution is 5.78. The van der Waals surface area contributed by atoms with Gasteiger partial charge in [-0.25, -0.2) is 0 Å². The second-order valence-corrected chi connectivity index (χ2v) is 8.25. The summed E-state index contributed by atoms with van der Waals surface area (Å²) in [6.07, 6.45) is 1.51. The number of amides is 1. The maximum atomic E-state index is 13.1. The maximum Gasteiger partial charge on any atom is 0.419 e. The summed E-state index contributed by atoms with van der Waals surface area (Å²) in [7, 11) is 0.